The molecule has 0 fully saturated rings. The Bertz CT molecular complexity index is 1380. The number of carbonyl (C=O) groups excluding carboxylic acids is 2. The van der Waals surface area contributed by atoms with Gasteiger partial charge in [-0.25, -0.2) is 10.9 Å². The Balaban J connectivity index is 1.06. The molecule has 0 aliphatic carbocycles. The molecule has 0 bridgehead atoms. The quantitative estimate of drug-likeness (QED) is 0.0916. The maximum atomic E-state index is 12.1. The first-order valence-electron chi connectivity index (χ1n) is 14.3. The molecule has 0 atom stereocenters. The minimum absolute atomic E-state index is 0.170. The number of nitrogens with one attached hydrogen (secondary N) is 2. The van der Waals surface area contributed by atoms with Crippen molar-refractivity contribution in [3.05, 3.63) is 131 Å². The van der Waals surface area contributed by atoms with Gasteiger partial charge < -0.3 is 9.47 Å². The van der Waals surface area contributed by atoms with E-state index in [0.717, 1.165) is 40.2 Å². The number of benzene rings is 4. The van der Waals surface area contributed by atoms with Crippen LogP contribution in [0.25, 0.3) is 0 Å². The smallest absolute Gasteiger partial charge is 0.240 e. The zero-order chi connectivity index (χ0) is 30.0. The van der Waals surface area contributed by atoms with Crippen molar-refractivity contribution < 1.29 is 19.1 Å². The van der Waals surface area contributed by atoms with E-state index < -0.39 is 0 Å². The Hall–Kier alpha value is -5.24. The number of ether oxygens (including phenoxy) is 2. The summed E-state index contributed by atoms with van der Waals surface area (Å²) < 4.78 is 11.7. The first-order valence-corrected chi connectivity index (χ1v) is 14.3. The third-order valence-electron chi connectivity index (χ3n) is 6.33. The first kappa shape index (κ1) is 30.7. The second-order valence-corrected chi connectivity index (χ2v) is 9.84. The molecule has 8 nitrogen and oxygen atoms in total. The molecule has 0 saturated heterocycles. The molecule has 2 amide bonds. The fourth-order valence-corrected chi connectivity index (χ4v) is 4.07. The molecule has 4 aromatic carbocycles. The lowest BCUT2D eigenvalue weighted by Crippen LogP contribution is -2.18. The SMILES string of the molecule is O=C(CCCCCC(=O)N/N=C/c1cccc(OCc2ccccc2)c1)N/N=C/c1cccc(OCc2ccccc2)c1. The average molecular weight is 577 g/mol. The van der Waals surface area contributed by atoms with E-state index in [0.29, 0.717) is 38.9 Å². The van der Waals surface area contributed by atoms with E-state index in [1.807, 2.05) is 109 Å². The zero-order valence-corrected chi connectivity index (χ0v) is 24.0. The van der Waals surface area contributed by atoms with Gasteiger partial charge in [0.1, 0.15) is 24.7 Å². The Labute approximate surface area is 252 Å². The molecule has 0 aromatic heterocycles. The number of unbranched alkanes of at least 4 members (excludes halogenated alkanes) is 2. The van der Waals surface area contributed by atoms with E-state index in [-0.39, 0.29) is 11.8 Å². The van der Waals surface area contributed by atoms with Gasteiger partial charge in [0.25, 0.3) is 0 Å². The Morgan fingerprint density at radius 1 is 0.558 bits per heavy atom. The van der Waals surface area contributed by atoms with Gasteiger partial charge in [-0.2, -0.15) is 10.2 Å². The van der Waals surface area contributed by atoms with Crippen LogP contribution < -0.4 is 20.3 Å². The van der Waals surface area contributed by atoms with Crippen LogP contribution in [-0.2, 0) is 22.8 Å². The summed E-state index contributed by atoms with van der Waals surface area (Å²) in [6.45, 7) is 0.959. The van der Waals surface area contributed by atoms with Gasteiger partial charge in [-0.15, -0.1) is 0 Å². The number of rotatable bonds is 16. The lowest BCUT2D eigenvalue weighted by Gasteiger charge is -2.07. The molecule has 0 spiro atoms. The Morgan fingerprint density at radius 2 is 1.00 bits per heavy atom. The molecule has 0 aliphatic rings. The predicted octanol–water partition coefficient (Wildman–Crippen LogP) is 6.40. The van der Waals surface area contributed by atoms with Crippen molar-refractivity contribution in [3.8, 4) is 11.5 Å². The maximum absolute atomic E-state index is 12.1. The molecule has 0 saturated carbocycles. The van der Waals surface area contributed by atoms with Crippen LogP contribution in [0.3, 0.4) is 0 Å². The highest BCUT2D eigenvalue weighted by molar-refractivity contribution is 5.83. The fourth-order valence-electron chi connectivity index (χ4n) is 4.07. The minimum Gasteiger partial charge on any atom is -0.489 e. The van der Waals surface area contributed by atoms with E-state index in [1.165, 1.54) is 0 Å². The van der Waals surface area contributed by atoms with Gasteiger partial charge in [0.15, 0.2) is 0 Å². The zero-order valence-electron chi connectivity index (χ0n) is 24.0. The molecular formula is C35H36N4O4. The summed E-state index contributed by atoms with van der Waals surface area (Å²) in [5, 5.41) is 8.10. The van der Waals surface area contributed by atoms with E-state index >= 15 is 0 Å². The van der Waals surface area contributed by atoms with E-state index in [9.17, 15) is 9.59 Å². The lowest BCUT2D eigenvalue weighted by atomic mass is 10.1. The first-order chi connectivity index (χ1) is 21.1. The fraction of sp³-hybridized carbons (Fsp3) is 0.200. The molecule has 0 aliphatic heterocycles. The van der Waals surface area contributed by atoms with E-state index in [4.69, 9.17) is 9.47 Å². The third-order valence-corrected chi connectivity index (χ3v) is 6.33. The van der Waals surface area contributed by atoms with E-state index in [1.54, 1.807) is 12.4 Å². The van der Waals surface area contributed by atoms with Gasteiger partial charge in [-0.05, 0) is 59.4 Å². The van der Waals surface area contributed by atoms with Gasteiger partial charge >= 0.3 is 0 Å². The van der Waals surface area contributed by atoms with Crippen LogP contribution in [0.4, 0.5) is 0 Å². The van der Waals surface area contributed by atoms with Gasteiger partial charge in [0.05, 0.1) is 12.4 Å². The van der Waals surface area contributed by atoms with Crippen molar-refractivity contribution in [1.82, 2.24) is 10.9 Å². The van der Waals surface area contributed by atoms with Crippen LogP contribution in [0.1, 0.15) is 54.4 Å². The number of nitrogens with zero attached hydrogens (tertiary/aromatic N) is 2. The topological polar surface area (TPSA) is 101 Å². The predicted molar refractivity (Wildman–Crippen MR) is 169 cm³/mol. The van der Waals surface area contributed by atoms with Crippen LogP contribution in [0.15, 0.2) is 119 Å². The van der Waals surface area contributed by atoms with Gasteiger partial charge in [-0.1, -0.05) is 91.3 Å². The standard InChI is InChI=1S/C35H36N4O4/c40-34(38-36-24-30-16-10-18-32(22-30)42-26-28-12-4-1-5-13-28)20-8-3-9-21-35(41)39-37-25-31-17-11-19-33(23-31)43-27-29-14-6-2-7-15-29/h1-2,4-7,10-19,22-25H,3,8-9,20-21,26-27H2,(H,38,40)(H,39,41)/b36-24+,37-25+. The highest BCUT2D eigenvalue weighted by Crippen LogP contribution is 2.15. The number of hydrogen-bond donors (Lipinski definition) is 2. The molecule has 0 radical (unpaired) electrons. The molecule has 4 rings (SSSR count). The summed E-state index contributed by atoms with van der Waals surface area (Å²) >= 11 is 0. The number of hydrogen-bond acceptors (Lipinski definition) is 6. The molecule has 8 heteroatoms. The maximum Gasteiger partial charge on any atom is 0.240 e. The highest BCUT2D eigenvalue weighted by atomic mass is 16.5. The molecule has 0 unspecified atom stereocenters. The molecule has 2 N–H and O–H groups in total. The number of carbonyl (C=O) groups is 2. The minimum atomic E-state index is -0.170. The van der Waals surface area contributed by atoms with Crippen molar-refractivity contribution in [2.24, 2.45) is 10.2 Å². The lowest BCUT2D eigenvalue weighted by molar-refractivity contribution is -0.121. The van der Waals surface area contributed by atoms with Crippen LogP contribution >= 0.6 is 0 Å². The Kier molecular flexibility index (Phi) is 12.5. The van der Waals surface area contributed by atoms with Crippen molar-refractivity contribution in [2.75, 3.05) is 0 Å². The highest BCUT2D eigenvalue weighted by Gasteiger charge is 2.03. The molecule has 4 aromatic rings. The summed E-state index contributed by atoms with van der Waals surface area (Å²) in [6.07, 6.45) is 5.92. The van der Waals surface area contributed by atoms with Crippen LogP contribution in [-0.4, -0.2) is 24.2 Å². The number of hydrazone groups is 2. The summed E-state index contributed by atoms with van der Waals surface area (Å²) in [7, 11) is 0. The van der Waals surface area contributed by atoms with Crippen LogP contribution in [0, 0.1) is 0 Å². The summed E-state index contributed by atoms with van der Waals surface area (Å²) in [6, 6.07) is 34.9. The largest absolute Gasteiger partial charge is 0.489 e. The summed E-state index contributed by atoms with van der Waals surface area (Å²) in [5.74, 6) is 1.12. The molecule has 220 valence electrons. The molecule has 43 heavy (non-hydrogen) atoms. The van der Waals surface area contributed by atoms with Crippen molar-refractivity contribution >= 4 is 24.2 Å². The van der Waals surface area contributed by atoms with Crippen molar-refractivity contribution in [1.29, 1.82) is 0 Å². The third kappa shape index (κ3) is 12.0. The monoisotopic (exact) mass is 576 g/mol. The number of amides is 2. The van der Waals surface area contributed by atoms with E-state index in [2.05, 4.69) is 21.1 Å². The van der Waals surface area contributed by atoms with Crippen molar-refractivity contribution in [3.63, 3.8) is 0 Å². The second-order valence-electron chi connectivity index (χ2n) is 9.84. The average Bonchev–Trinajstić information content (AvgIpc) is 3.04. The van der Waals surface area contributed by atoms with Crippen molar-refractivity contribution in [2.45, 2.75) is 45.3 Å². The van der Waals surface area contributed by atoms with Gasteiger partial charge in [0, 0.05) is 12.8 Å². The normalized spacial score (nSPS) is 11.0. The Morgan fingerprint density at radius 3 is 1.44 bits per heavy atom. The van der Waals surface area contributed by atoms with Crippen LogP contribution in [0.2, 0.25) is 0 Å². The summed E-state index contributed by atoms with van der Waals surface area (Å²) in [5.41, 5.74) is 8.93. The molecular weight excluding hydrogens is 540 g/mol. The van der Waals surface area contributed by atoms with Gasteiger partial charge in [-0.3, -0.25) is 9.59 Å². The summed E-state index contributed by atoms with van der Waals surface area (Å²) in [4.78, 5) is 24.2. The van der Waals surface area contributed by atoms with Gasteiger partial charge in [0.2, 0.25) is 11.8 Å². The van der Waals surface area contributed by atoms with Crippen LogP contribution in [0.5, 0.6) is 11.5 Å². The second kappa shape index (κ2) is 17.5. The molecule has 0 heterocycles.